The maximum absolute atomic E-state index is 8.87. The topological polar surface area (TPSA) is 35.8 Å². The van der Waals surface area contributed by atoms with Crippen molar-refractivity contribution in [1.82, 2.24) is 5.32 Å². The Kier molecular flexibility index (Phi) is 6.46. The Balaban J connectivity index is 2.32. The molecule has 0 amide bonds. The van der Waals surface area contributed by atoms with Crippen LogP contribution in [0.2, 0.25) is 0 Å². The third-order valence-electron chi connectivity index (χ3n) is 3.17. The number of hydrogen-bond donors (Lipinski definition) is 1. The van der Waals surface area contributed by atoms with Gasteiger partial charge in [0, 0.05) is 6.04 Å². The fourth-order valence-electron chi connectivity index (χ4n) is 1.99. The molecule has 0 heterocycles. The second-order valence-electron chi connectivity index (χ2n) is 5.30. The zero-order valence-electron chi connectivity index (χ0n) is 11.7. The van der Waals surface area contributed by atoms with Gasteiger partial charge in [-0.25, -0.2) is 0 Å². The molecule has 98 valence electrons. The number of nitrogens with zero attached hydrogens (tertiary/aromatic N) is 1. The number of unbranched alkanes of at least 4 members (excludes halogenated alkanes) is 1. The summed E-state index contributed by atoms with van der Waals surface area (Å²) < 4.78 is 0. The van der Waals surface area contributed by atoms with Crippen LogP contribution in [0.5, 0.6) is 0 Å². The Morgan fingerprint density at radius 2 is 2.00 bits per heavy atom. The first-order valence-corrected chi connectivity index (χ1v) is 6.87. The van der Waals surface area contributed by atoms with Crippen molar-refractivity contribution < 1.29 is 0 Å². The molecule has 0 aliphatic carbocycles. The molecule has 0 fully saturated rings. The normalized spacial score (nSPS) is 12.4. The van der Waals surface area contributed by atoms with Crippen LogP contribution in [0.3, 0.4) is 0 Å². The van der Waals surface area contributed by atoms with Crippen LogP contribution in [-0.2, 0) is 0 Å². The van der Waals surface area contributed by atoms with Crippen molar-refractivity contribution in [3.63, 3.8) is 0 Å². The van der Waals surface area contributed by atoms with Crippen LogP contribution in [-0.4, -0.2) is 6.54 Å². The molecule has 0 spiro atoms. The number of hydrogen-bond acceptors (Lipinski definition) is 2. The molecule has 2 heteroatoms. The molecule has 0 radical (unpaired) electrons. The Morgan fingerprint density at radius 3 is 2.67 bits per heavy atom. The molecule has 0 bridgehead atoms. The molecule has 1 N–H and O–H groups in total. The SMILES string of the molecule is CC(C)CCCCNC(C)c1cccc(C#N)c1. The van der Waals surface area contributed by atoms with E-state index in [1.165, 1.54) is 24.8 Å². The average molecular weight is 244 g/mol. The van der Waals surface area contributed by atoms with Crippen LogP contribution in [0, 0.1) is 17.2 Å². The molecular weight excluding hydrogens is 220 g/mol. The summed E-state index contributed by atoms with van der Waals surface area (Å²) in [6, 6.07) is 10.3. The molecule has 0 aromatic heterocycles. The van der Waals surface area contributed by atoms with Gasteiger partial charge in [-0.05, 0) is 43.5 Å². The quantitative estimate of drug-likeness (QED) is 0.735. The predicted octanol–water partition coefficient (Wildman–Crippen LogP) is 4.04. The molecule has 0 saturated heterocycles. The van der Waals surface area contributed by atoms with E-state index in [4.69, 9.17) is 5.26 Å². The molecule has 0 aliphatic rings. The van der Waals surface area contributed by atoms with Gasteiger partial charge in [0.1, 0.15) is 0 Å². The molecule has 0 saturated carbocycles. The lowest BCUT2D eigenvalue weighted by Gasteiger charge is -2.14. The van der Waals surface area contributed by atoms with E-state index in [9.17, 15) is 0 Å². The summed E-state index contributed by atoms with van der Waals surface area (Å²) in [6.45, 7) is 7.73. The molecular formula is C16H24N2. The maximum Gasteiger partial charge on any atom is 0.0991 e. The third kappa shape index (κ3) is 5.33. The summed E-state index contributed by atoms with van der Waals surface area (Å²) in [6.07, 6.45) is 3.82. The second kappa shape index (κ2) is 7.89. The third-order valence-corrected chi connectivity index (χ3v) is 3.17. The highest BCUT2D eigenvalue weighted by molar-refractivity contribution is 5.33. The minimum Gasteiger partial charge on any atom is -0.310 e. The Morgan fingerprint density at radius 1 is 1.22 bits per heavy atom. The van der Waals surface area contributed by atoms with Crippen molar-refractivity contribution in [2.24, 2.45) is 5.92 Å². The van der Waals surface area contributed by atoms with E-state index in [1.807, 2.05) is 18.2 Å². The summed E-state index contributed by atoms with van der Waals surface area (Å²) in [5.74, 6) is 0.801. The lowest BCUT2D eigenvalue weighted by Crippen LogP contribution is -2.20. The van der Waals surface area contributed by atoms with E-state index in [1.54, 1.807) is 0 Å². The minimum atomic E-state index is 0.317. The first kappa shape index (κ1) is 14.7. The van der Waals surface area contributed by atoms with E-state index in [0.29, 0.717) is 6.04 Å². The van der Waals surface area contributed by atoms with Crippen LogP contribution in [0.4, 0.5) is 0 Å². The lowest BCUT2D eigenvalue weighted by molar-refractivity contribution is 0.498. The van der Waals surface area contributed by atoms with Crippen molar-refractivity contribution in [3.8, 4) is 6.07 Å². The van der Waals surface area contributed by atoms with Crippen molar-refractivity contribution in [1.29, 1.82) is 5.26 Å². The fraction of sp³-hybridized carbons (Fsp3) is 0.562. The van der Waals surface area contributed by atoms with E-state index in [-0.39, 0.29) is 0 Å². The smallest absolute Gasteiger partial charge is 0.0991 e. The minimum absolute atomic E-state index is 0.317. The number of nitrogens with one attached hydrogen (secondary N) is 1. The van der Waals surface area contributed by atoms with Crippen LogP contribution < -0.4 is 5.32 Å². The molecule has 1 rings (SSSR count). The summed E-state index contributed by atoms with van der Waals surface area (Å²) in [4.78, 5) is 0. The van der Waals surface area contributed by atoms with Crippen molar-refractivity contribution in [2.75, 3.05) is 6.54 Å². The van der Waals surface area contributed by atoms with Crippen molar-refractivity contribution in [2.45, 2.75) is 46.1 Å². The van der Waals surface area contributed by atoms with Crippen LogP contribution in [0.25, 0.3) is 0 Å². The number of benzene rings is 1. The first-order chi connectivity index (χ1) is 8.63. The van der Waals surface area contributed by atoms with Crippen LogP contribution in [0.1, 0.15) is 57.2 Å². The summed E-state index contributed by atoms with van der Waals surface area (Å²) >= 11 is 0. The molecule has 18 heavy (non-hydrogen) atoms. The van der Waals surface area contributed by atoms with E-state index >= 15 is 0 Å². The Bertz CT molecular complexity index is 390. The van der Waals surface area contributed by atoms with Gasteiger partial charge in [-0.1, -0.05) is 38.8 Å². The largest absolute Gasteiger partial charge is 0.310 e. The van der Waals surface area contributed by atoms with Gasteiger partial charge in [0.15, 0.2) is 0 Å². The summed E-state index contributed by atoms with van der Waals surface area (Å²) in [7, 11) is 0. The van der Waals surface area contributed by atoms with E-state index in [2.05, 4.69) is 38.2 Å². The molecule has 1 aromatic carbocycles. The van der Waals surface area contributed by atoms with Gasteiger partial charge >= 0.3 is 0 Å². The average Bonchev–Trinajstić information content (AvgIpc) is 2.37. The zero-order valence-corrected chi connectivity index (χ0v) is 11.7. The van der Waals surface area contributed by atoms with Gasteiger partial charge in [-0.2, -0.15) is 5.26 Å². The van der Waals surface area contributed by atoms with Gasteiger partial charge in [0.25, 0.3) is 0 Å². The molecule has 1 atom stereocenters. The predicted molar refractivity (Wildman–Crippen MR) is 76.3 cm³/mol. The van der Waals surface area contributed by atoms with Crippen molar-refractivity contribution in [3.05, 3.63) is 35.4 Å². The highest BCUT2D eigenvalue weighted by atomic mass is 14.9. The van der Waals surface area contributed by atoms with Gasteiger partial charge < -0.3 is 5.32 Å². The van der Waals surface area contributed by atoms with Crippen LogP contribution in [0.15, 0.2) is 24.3 Å². The molecule has 1 unspecified atom stereocenters. The maximum atomic E-state index is 8.87. The first-order valence-electron chi connectivity index (χ1n) is 6.87. The fourth-order valence-corrected chi connectivity index (χ4v) is 1.99. The summed E-state index contributed by atoms with van der Waals surface area (Å²) in [5.41, 5.74) is 1.93. The van der Waals surface area contributed by atoms with E-state index < -0.39 is 0 Å². The highest BCUT2D eigenvalue weighted by Gasteiger charge is 2.04. The number of rotatable bonds is 7. The van der Waals surface area contributed by atoms with Crippen molar-refractivity contribution >= 4 is 0 Å². The summed E-state index contributed by atoms with van der Waals surface area (Å²) in [5, 5.41) is 12.4. The Hall–Kier alpha value is -1.33. The standard InChI is InChI=1S/C16H24N2/c1-13(2)7-4-5-10-18-14(3)16-9-6-8-15(11-16)12-17/h6,8-9,11,13-14,18H,4-5,7,10H2,1-3H3. The molecule has 1 aromatic rings. The van der Waals surface area contributed by atoms with Crippen LogP contribution >= 0.6 is 0 Å². The Labute approximate surface area is 111 Å². The molecule has 0 aliphatic heterocycles. The lowest BCUT2D eigenvalue weighted by atomic mass is 10.0. The number of nitriles is 1. The van der Waals surface area contributed by atoms with Gasteiger partial charge in [-0.15, -0.1) is 0 Å². The zero-order chi connectivity index (χ0) is 13.4. The van der Waals surface area contributed by atoms with Gasteiger partial charge in [-0.3, -0.25) is 0 Å². The van der Waals surface area contributed by atoms with Gasteiger partial charge in [0.2, 0.25) is 0 Å². The monoisotopic (exact) mass is 244 g/mol. The molecule has 2 nitrogen and oxygen atoms in total. The van der Waals surface area contributed by atoms with Gasteiger partial charge in [0.05, 0.1) is 11.6 Å². The second-order valence-corrected chi connectivity index (χ2v) is 5.30. The highest BCUT2D eigenvalue weighted by Crippen LogP contribution is 2.14. The van der Waals surface area contributed by atoms with E-state index in [0.717, 1.165) is 18.0 Å².